The molecule has 1 atom stereocenters. The van der Waals surface area contributed by atoms with Crippen LogP contribution < -0.4 is 5.32 Å². The lowest BCUT2D eigenvalue weighted by molar-refractivity contribution is -0.119. The molecule has 0 aliphatic carbocycles. The van der Waals surface area contributed by atoms with Crippen LogP contribution in [0.2, 0.25) is 0 Å². The molecule has 1 aromatic heterocycles. The van der Waals surface area contributed by atoms with Crippen molar-refractivity contribution in [1.29, 1.82) is 0 Å². The van der Waals surface area contributed by atoms with Gasteiger partial charge in [0.1, 0.15) is 11.5 Å². The van der Waals surface area contributed by atoms with Gasteiger partial charge in [-0.05, 0) is 50.8 Å². The number of hydrogen-bond donors (Lipinski definition) is 1. The van der Waals surface area contributed by atoms with Gasteiger partial charge in [-0.15, -0.1) is 0 Å². The highest BCUT2D eigenvalue weighted by atomic mass is 32.2. The van der Waals surface area contributed by atoms with Crippen LogP contribution in [0, 0.1) is 13.8 Å². The van der Waals surface area contributed by atoms with Crippen LogP contribution in [-0.2, 0) is 26.8 Å². The highest BCUT2D eigenvalue weighted by molar-refractivity contribution is 7.91. The average Bonchev–Trinajstić information content (AvgIpc) is 3.06. The fraction of sp³-hybridized carbons (Fsp3) is 0.333. The Morgan fingerprint density at radius 1 is 1.06 bits per heavy atom. The van der Waals surface area contributed by atoms with E-state index >= 15 is 0 Å². The lowest BCUT2D eigenvalue weighted by atomic mass is 10.1. The molecule has 1 amide bonds. The SMILES string of the molecule is Cc1ccccc1-c1nc(CS(=O)(=O)CC(=O)NC(C)CCc2ccccc2)c(C)o1. The Balaban J connectivity index is 1.57. The largest absolute Gasteiger partial charge is 0.441 e. The zero-order valence-electron chi connectivity index (χ0n) is 18.1. The number of sulfone groups is 1. The van der Waals surface area contributed by atoms with Crippen LogP contribution in [0.1, 0.15) is 35.9 Å². The second kappa shape index (κ2) is 9.92. The van der Waals surface area contributed by atoms with Gasteiger partial charge in [0.2, 0.25) is 11.8 Å². The van der Waals surface area contributed by atoms with Crippen LogP contribution in [0.15, 0.2) is 59.0 Å². The number of nitrogens with one attached hydrogen (secondary N) is 1. The van der Waals surface area contributed by atoms with E-state index in [9.17, 15) is 13.2 Å². The summed E-state index contributed by atoms with van der Waals surface area (Å²) in [6, 6.07) is 17.5. The number of benzene rings is 2. The Kier molecular flexibility index (Phi) is 7.28. The Morgan fingerprint density at radius 3 is 2.45 bits per heavy atom. The van der Waals surface area contributed by atoms with Gasteiger partial charge in [0.25, 0.3) is 0 Å². The summed E-state index contributed by atoms with van der Waals surface area (Å²) < 4.78 is 30.9. The summed E-state index contributed by atoms with van der Waals surface area (Å²) in [4.78, 5) is 16.7. The number of carbonyl (C=O) groups excluding carboxylic acids is 1. The summed E-state index contributed by atoms with van der Waals surface area (Å²) in [5.41, 5.74) is 3.33. The van der Waals surface area contributed by atoms with Gasteiger partial charge in [0, 0.05) is 11.6 Å². The first-order chi connectivity index (χ1) is 14.7. The zero-order chi connectivity index (χ0) is 22.4. The van der Waals surface area contributed by atoms with Crippen molar-refractivity contribution in [3.05, 3.63) is 77.2 Å². The molecule has 7 heteroatoms. The maximum Gasteiger partial charge on any atom is 0.235 e. The monoisotopic (exact) mass is 440 g/mol. The lowest BCUT2D eigenvalue weighted by Gasteiger charge is -2.14. The fourth-order valence-electron chi connectivity index (χ4n) is 3.37. The number of amides is 1. The summed E-state index contributed by atoms with van der Waals surface area (Å²) in [5, 5.41) is 2.78. The van der Waals surface area contributed by atoms with Crippen LogP contribution in [0.3, 0.4) is 0 Å². The van der Waals surface area contributed by atoms with Gasteiger partial charge in [-0.25, -0.2) is 13.4 Å². The van der Waals surface area contributed by atoms with Crippen LogP contribution in [-0.4, -0.2) is 31.1 Å². The van der Waals surface area contributed by atoms with Crippen LogP contribution in [0.5, 0.6) is 0 Å². The molecule has 0 saturated carbocycles. The van der Waals surface area contributed by atoms with Crippen molar-refractivity contribution in [2.45, 2.75) is 45.4 Å². The topological polar surface area (TPSA) is 89.3 Å². The second-order valence-corrected chi connectivity index (χ2v) is 9.93. The van der Waals surface area contributed by atoms with E-state index in [2.05, 4.69) is 10.3 Å². The van der Waals surface area contributed by atoms with Gasteiger partial charge in [-0.1, -0.05) is 48.5 Å². The number of aryl methyl sites for hydroxylation is 3. The van der Waals surface area contributed by atoms with Crippen LogP contribution in [0.25, 0.3) is 11.5 Å². The third kappa shape index (κ3) is 6.52. The molecule has 0 aliphatic rings. The van der Waals surface area contributed by atoms with E-state index in [0.717, 1.165) is 24.0 Å². The van der Waals surface area contributed by atoms with Crippen LogP contribution in [0.4, 0.5) is 0 Å². The van der Waals surface area contributed by atoms with E-state index < -0.39 is 21.5 Å². The summed E-state index contributed by atoms with van der Waals surface area (Å²) >= 11 is 0. The lowest BCUT2D eigenvalue weighted by Crippen LogP contribution is -2.37. The number of rotatable bonds is 9. The van der Waals surface area contributed by atoms with Crippen LogP contribution >= 0.6 is 0 Å². The standard InChI is InChI=1S/C24H28N2O4S/c1-17-9-7-8-12-21(17)24-26-22(19(3)30-24)15-31(28,29)16-23(27)25-18(2)13-14-20-10-5-4-6-11-20/h4-12,18H,13-16H2,1-3H3,(H,25,27). The van der Waals surface area contributed by atoms with E-state index in [0.29, 0.717) is 17.3 Å². The van der Waals surface area contributed by atoms with E-state index in [1.54, 1.807) is 6.92 Å². The van der Waals surface area contributed by atoms with Crippen molar-refractivity contribution in [3.63, 3.8) is 0 Å². The first-order valence-corrected chi connectivity index (χ1v) is 12.1. The molecule has 0 aliphatic heterocycles. The fourth-order valence-corrected chi connectivity index (χ4v) is 4.63. The van der Waals surface area contributed by atoms with E-state index in [1.807, 2.05) is 68.4 Å². The molecule has 3 aromatic rings. The summed E-state index contributed by atoms with van der Waals surface area (Å²) in [5.74, 6) is -0.576. The van der Waals surface area contributed by atoms with E-state index in [1.165, 1.54) is 5.56 Å². The van der Waals surface area contributed by atoms with Crippen molar-refractivity contribution < 1.29 is 17.6 Å². The molecule has 31 heavy (non-hydrogen) atoms. The van der Waals surface area contributed by atoms with Gasteiger partial charge in [0.15, 0.2) is 9.84 Å². The first kappa shape index (κ1) is 22.7. The van der Waals surface area contributed by atoms with Gasteiger partial charge < -0.3 is 9.73 Å². The molecular weight excluding hydrogens is 412 g/mol. The molecule has 0 radical (unpaired) electrons. The van der Waals surface area contributed by atoms with Crippen molar-refractivity contribution in [1.82, 2.24) is 10.3 Å². The Hall–Kier alpha value is -2.93. The number of hydrogen-bond acceptors (Lipinski definition) is 5. The third-order valence-electron chi connectivity index (χ3n) is 5.09. The summed E-state index contributed by atoms with van der Waals surface area (Å²) in [6.07, 6.45) is 1.55. The molecule has 1 N–H and O–H groups in total. The number of nitrogens with zero attached hydrogens (tertiary/aromatic N) is 1. The maximum atomic E-state index is 12.6. The minimum atomic E-state index is -3.68. The third-order valence-corrected chi connectivity index (χ3v) is 6.51. The number of carbonyl (C=O) groups is 1. The first-order valence-electron chi connectivity index (χ1n) is 10.3. The van der Waals surface area contributed by atoms with E-state index in [4.69, 9.17) is 4.42 Å². The molecule has 6 nitrogen and oxygen atoms in total. The molecule has 1 heterocycles. The molecule has 1 unspecified atom stereocenters. The van der Waals surface area contributed by atoms with E-state index in [-0.39, 0.29) is 11.8 Å². The normalized spacial score (nSPS) is 12.5. The minimum absolute atomic E-state index is 0.121. The Bertz CT molecular complexity index is 1140. The van der Waals surface area contributed by atoms with Gasteiger partial charge >= 0.3 is 0 Å². The minimum Gasteiger partial charge on any atom is -0.441 e. The molecular formula is C24H28N2O4S. The van der Waals surface area contributed by atoms with Crippen molar-refractivity contribution >= 4 is 15.7 Å². The molecule has 0 spiro atoms. The highest BCUT2D eigenvalue weighted by Gasteiger charge is 2.23. The number of aromatic nitrogens is 1. The zero-order valence-corrected chi connectivity index (χ0v) is 18.9. The predicted molar refractivity (Wildman–Crippen MR) is 121 cm³/mol. The van der Waals surface area contributed by atoms with Crippen molar-refractivity contribution in [2.24, 2.45) is 0 Å². The van der Waals surface area contributed by atoms with Gasteiger partial charge in [-0.2, -0.15) is 0 Å². The molecule has 0 fully saturated rings. The summed E-state index contributed by atoms with van der Waals surface area (Å²) in [6.45, 7) is 5.50. The highest BCUT2D eigenvalue weighted by Crippen LogP contribution is 2.25. The molecule has 164 valence electrons. The molecule has 3 rings (SSSR count). The van der Waals surface area contributed by atoms with Gasteiger partial charge in [0.05, 0.1) is 11.4 Å². The smallest absolute Gasteiger partial charge is 0.235 e. The number of oxazole rings is 1. The maximum absolute atomic E-state index is 12.6. The Labute approximate surface area is 183 Å². The van der Waals surface area contributed by atoms with Crippen molar-refractivity contribution in [3.8, 4) is 11.5 Å². The van der Waals surface area contributed by atoms with Crippen molar-refractivity contribution in [2.75, 3.05) is 5.75 Å². The molecule has 2 aromatic carbocycles. The molecule has 0 saturated heterocycles. The average molecular weight is 441 g/mol. The predicted octanol–water partition coefficient (Wildman–Crippen LogP) is 4.01. The Morgan fingerprint density at radius 2 is 1.74 bits per heavy atom. The summed E-state index contributed by atoms with van der Waals surface area (Å²) in [7, 11) is -3.68. The van der Waals surface area contributed by atoms with Gasteiger partial charge in [-0.3, -0.25) is 4.79 Å². The molecule has 0 bridgehead atoms. The second-order valence-electron chi connectivity index (χ2n) is 7.86. The quantitative estimate of drug-likeness (QED) is 0.543.